The molecule has 1 aliphatic heterocycles. The number of nitrogens with one attached hydrogen (secondary N) is 1. The van der Waals surface area contributed by atoms with Gasteiger partial charge in [0.2, 0.25) is 5.88 Å². The van der Waals surface area contributed by atoms with Crippen molar-refractivity contribution in [2.75, 3.05) is 47.0 Å². The summed E-state index contributed by atoms with van der Waals surface area (Å²) in [6.07, 6.45) is 2.69. The van der Waals surface area contributed by atoms with Crippen LogP contribution in [-0.4, -0.2) is 62.8 Å². The summed E-state index contributed by atoms with van der Waals surface area (Å²) in [5.41, 5.74) is 0. The Labute approximate surface area is 136 Å². The van der Waals surface area contributed by atoms with Crippen LogP contribution in [0.1, 0.15) is 6.42 Å². The van der Waals surface area contributed by atoms with Gasteiger partial charge in [0, 0.05) is 45.4 Å². The predicted octanol–water partition coefficient (Wildman–Crippen LogP) is 1.66. The van der Waals surface area contributed by atoms with Crippen molar-refractivity contribution in [3.05, 3.63) is 23.4 Å². The molecule has 1 aromatic heterocycles. The molecule has 0 amide bonds. The van der Waals surface area contributed by atoms with Crippen LogP contribution in [0.4, 0.5) is 0 Å². The smallest absolute Gasteiger partial charge is 0.213 e. The number of aromatic nitrogens is 1. The highest BCUT2D eigenvalue weighted by atomic mass is 35.5. The second-order valence-electron chi connectivity index (χ2n) is 5.25. The van der Waals surface area contributed by atoms with Gasteiger partial charge < -0.3 is 19.7 Å². The van der Waals surface area contributed by atoms with Gasteiger partial charge in [0.05, 0.1) is 18.2 Å². The number of ether oxygens (including phenoxy) is 2. The molecule has 6 nitrogen and oxygen atoms in total. The second-order valence-corrected chi connectivity index (χ2v) is 5.68. The molecule has 1 N–H and O–H groups in total. The molecule has 122 valence electrons. The van der Waals surface area contributed by atoms with Crippen molar-refractivity contribution >= 4 is 17.6 Å². The third-order valence-corrected chi connectivity index (χ3v) is 3.69. The van der Waals surface area contributed by atoms with Crippen LogP contribution in [0.15, 0.2) is 23.3 Å². The molecule has 0 spiro atoms. The number of aliphatic imine (C=N–C) groups is 1. The van der Waals surface area contributed by atoms with Crippen LogP contribution in [-0.2, 0) is 4.74 Å². The van der Waals surface area contributed by atoms with Gasteiger partial charge in [-0.05, 0) is 12.5 Å². The largest absolute Gasteiger partial charge is 0.476 e. The van der Waals surface area contributed by atoms with Gasteiger partial charge in [0.15, 0.2) is 5.96 Å². The number of nitrogens with zero attached hydrogens (tertiary/aromatic N) is 3. The Morgan fingerprint density at radius 3 is 3.09 bits per heavy atom. The Morgan fingerprint density at radius 2 is 2.45 bits per heavy atom. The normalized spacial score (nSPS) is 18.3. The van der Waals surface area contributed by atoms with E-state index in [4.69, 9.17) is 21.1 Å². The third-order valence-electron chi connectivity index (χ3n) is 3.46. The fourth-order valence-corrected chi connectivity index (χ4v) is 2.46. The molecule has 7 heteroatoms. The number of guanidine groups is 1. The zero-order valence-electron chi connectivity index (χ0n) is 13.1. The minimum Gasteiger partial charge on any atom is -0.476 e. The second kappa shape index (κ2) is 8.80. The zero-order valence-corrected chi connectivity index (χ0v) is 13.8. The monoisotopic (exact) mass is 326 g/mol. The Bertz CT molecular complexity index is 475. The predicted molar refractivity (Wildman–Crippen MR) is 87.7 cm³/mol. The number of rotatable bonds is 6. The van der Waals surface area contributed by atoms with E-state index in [9.17, 15) is 0 Å². The number of hydrogen-bond acceptors (Lipinski definition) is 4. The van der Waals surface area contributed by atoms with Crippen molar-refractivity contribution in [2.24, 2.45) is 10.9 Å². The van der Waals surface area contributed by atoms with Crippen molar-refractivity contribution in [2.45, 2.75) is 6.42 Å². The molecule has 0 aliphatic carbocycles. The van der Waals surface area contributed by atoms with Crippen molar-refractivity contribution in [3.63, 3.8) is 0 Å². The van der Waals surface area contributed by atoms with Gasteiger partial charge in [0.1, 0.15) is 6.61 Å². The summed E-state index contributed by atoms with van der Waals surface area (Å²) < 4.78 is 10.9. The molecular weight excluding hydrogens is 304 g/mol. The molecule has 0 saturated carbocycles. The quantitative estimate of drug-likeness (QED) is 0.489. The van der Waals surface area contributed by atoms with Crippen molar-refractivity contribution < 1.29 is 9.47 Å². The summed E-state index contributed by atoms with van der Waals surface area (Å²) in [5.74, 6) is 2.01. The lowest BCUT2D eigenvalue weighted by Gasteiger charge is -2.24. The van der Waals surface area contributed by atoms with E-state index in [1.54, 1.807) is 25.4 Å². The fourth-order valence-electron chi connectivity index (χ4n) is 2.35. The van der Waals surface area contributed by atoms with E-state index in [1.807, 2.05) is 7.05 Å². The Hall–Kier alpha value is -1.53. The number of pyridine rings is 1. The summed E-state index contributed by atoms with van der Waals surface area (Å²) in [7, 11) is 3.82. The van der Waals surface area contributed by atoms with Gasteiger partial charge in [0.25, 0.3) is 0 Å². The Morgan fingerprint density at radius 1 is 1.59 bits per heavy atom. The molecule has 2 rings (SSSR count). The Kier molecular flexibility index (Phi) is 6.74. The molecule has 22 heavy (non-hydrogen) atoms. The molecular formula is C15H23ClN4O2. The average Bonchev–Trinajstić information content (AvgIpc) is 3.02. The molecule has 0 radical (unpaired) electrons. The molecule has 1 unspecified atom stereocenters. The lowest BCUT2D eigenvalue weighted by Crippen LogP contribution is -2.42. The maximum absolute atomic E-state index is 5.78. The van der Waals surface area contributed by atoms with E-state index in [-0.39, 0.29) is 0 Å². The minimum atomic E-state index is 0.508. The van der Waals surface area contributed by atoms with Gasteiger partial charge in [-0.25, -0.2) is 4.98 Å². The molecule has 0 bridgehead atoms. The standard InChI is InChI=1S/C15H23ClN4O2/c1-17-15(20(2)10-12-5-7-21-11-12)18-6-8-22-14-4-3-13(16)9-19-14/h3-4,9,12H,5-8,10-11H2,1-2H3,(H,17,18). The molecule has 2 heterocycles. The van der Waals surface area contributed by atoms with E-state index in [2.05, 4.69) is 20.2 Å². The number of halogens is 1. The fraction of sp³-hybridized carbons (Fsp3) is 0.600. The summed E-state index contributed by atoms with van der Waals surface area (Å²) in [6.45, 7) is 3.81. The molecule has 1 aromatic rings. The van der Waals surface area contributed by atoms with Crippen molar-refractivity contribution in [3.8, 4) is 5.88 Å². The summed E-state index contributed by atoms with van der Waals surface area (Å²) in [4.78, 5) is 10.5. The summed E-state index contributed by atoms with van der Waals surface area (Å²) in [6, 6.07) is 3.51. The SMILES string of the molecule is CN=C(NCCOc1ccc(Cl)cn1)N(C)CC1CCOC1. The van der Waals surface area contributed by atoms with E-state index in [0.717, 1.165) is 32.1 Å². The van der Waals surface area contributed by atoms with Crippen LogP contribution in [0.3, 0.4) is 0 Å². The van der Waals surface area contributed by atoms with Crippen LogP contribution in [0.25, 0.3) is 0 Å². The van der Waals surface area contributed by atoms with Gasteiger partial charge in [-0.3, -0.25) is 4.99 Å². The first-order valence-corrected chi connectivity index (χ1v) is 7.80. The topological polar surface area (TPSA) is 59.0 Å². The third kappa shape index (κ3) is 5.35. The highest BCUT2D eigenvalue weighted by Gasteiger charge is 2.18. The number of hydrogen-bond donors (Lipinski definition) is 1. The van der Waals surface area contributed by atoms with Crippen LogP contribution in [0, 0.1) is 5.92 Å². The maximum Gasteiger partial charge on any atom is 0.213 e. The van der Waals surface area contributed by atoms with E-state index < -0.39 is 0 Å². The highest BCUT2D eigenvalue weighted by Crippen LogP contribution is 2.13. The molecule has 0 aromatic carbocycles. The Balaban J connectivity index is 1.68. The zero-order chi connectivity index (χ0) is 15.8. The highest BCUT2D eigenvalue weighted by molar-refractivity contribution is 6.30. The first-order valence-electron chi connectivity index (χ1n) is 7.43. The van der Waals surface area contributed by atoms with Gasteiger partial charge in [-0.15, -0.1) is 0 Å². The molecule has 1 fully saturated rings. The first-order chi connectivity index (χ1) is 10.7. The average molecular weight is 327 g/mol. The van der Waals surface area contributed by atoms with Crippen LogP contribution < -0.4 is 10.1 Å². The summed E-state index contributed by atoms with van der Waals surface area (Å²) >= 11 is 5.78. The molecule has 1 saturated heterocycles. The van der Waals surface area contributed by atoms with E-state index >= 15 is 0 Å². The van der Waals surface area contributed by atoms with E-state index in [0.29, 0.717) is 30.0 Å². The van der Waals surface area contributed by atoms with Gasteiger partial charge >= 0.3 is 0 Å². The van der Waals surface area contributed by atoms with Crippen LogP contribution in [0.5, 0.6) is 5.88 Å². The molecule has 1 atom stereocenters. The van der Waals surface area contributed by atoms with E-state index in [1.165, 1.54) is 0 Å². The van der Waals surface area contributed by atoms with Gasteiger partial charge in [-0.1, -0.05) is 11.6 Å². The van der Waals surface area contributed by atoms with Crippen LogP contribution in [0.2, 0.25) is 5.02 Å². The lowest BCUT2D eigenvalue weighted by atomic mass is 10.1. The van der Waals surface area contributed by atoms with Crippen LogP contribution >= 0.6 is 11.6 Å². The maximum atomic E-state index is 5.78. The lowest BCUT2D eigenvalue weighted by molar-refractivity contribution is 0.181. The first kappa shape index (κ1) is 16.8. The summed E-state index contributed by atoms with van der Waals surface area (Å²) in [5, 5.41) is 3.88. The van der Waals surface area contributed by atoms with Crippen molar-refractivity contribution in [1.82, 2.24) is 15.2 Å². The van der Waals surface area contributed by atoms with Gasteiger partial charge in [-0.2, -0.15) is 0 Å². The minimum absolute atomic E-state index is 0.508. The van der Waals surface area contributed by atoms with Crippen molar-refractivity contribution in [1.29, 1.82) is 0 Å². The molecule has 1 aliphatic rings.